The summed E-state index contributed by atoms with van der Waals surface area (Å²) in [5, 5.41) is 0. The van der Waals surface area contributed by atoms with Gasteiger partial charge in [0.15, 0.2) is 0 Å². The van der Waals surface area contributed by atoms with Crippen molar-refractivity contribution in [2.45, 2.75) is 71.1 Å². The number of aryl methyl sites for hydroxylation is 1. The van der Waals surface area contributed by atoms with Gasteiger partial charge in [-0.2, -0.15) is 0 Å². The Balaban J connectivity index is 1.78. The molecule has 0 radical (unpaired) electrons. The summed E-state index contributed by atoms with van der Waals surface area (Å²) < 4.78 is 0. The number of rotatable bonds is 5. The van der Waals surface area contributed by atoms with Crippen molar-refractivity contribution in [3.63, 3.8) is 0 Å². The van der Waals surface area contributed by atoms with Crippen LogP contribution in [0, 0.1) is 18.8 Å². The van der Waals surface area contributed by atoms with Gasteiger partial charge in [0.1, 0.15) is 0 Å². The normalized spacial score (nSPS) is 19.8. The van der Waals surface area contributed by atoms with E-state index in [4.69, 9.17) is 15.7 Å². The maximum absolute atomic E-state index is 5.92. The molecule has 3 nitrogen and oxygen atoms in total. The summed E-state index contributed by atoms with van der Waals surface area (Å²) in [7, 11) is 0. The molecule has 2 saturated carbocycles. The largest absolute Gasteiger partial charge is 0.399 e. The number of benzene rings is 2. The summed E-state index contributed by atoms with van der Waals surface area (Å²) >= 11 is 0. The van der Waals surface area contributed by atoms with E-state index in [0.717, 1.165) is 17.1 Å². The highest BCUT2D eigenvalue weighted by atomic mass is 14.8. The number of aliphatic imine (C=N–C) groups is 2. The molecule has 0 unspecified atom stereocenters. The Labute approximate surface area is 181 Å². The van der Waals surface area contributed by atoms with Gasteiger partial charge >= 0.3 is 0 Å². The van der Waals surface area contributed by atoms with Crippen LogP contribution in [0.4, 0.5) is 17.1 Å². The molecule has 0 amide bonds. The molecule has 0 atom stereocenters. The monoisotopic (exact) mass is 401 g/mol. The molecule has 3 heteroatoms. The lowest BCUT2D eigenvalue weighted by Gasteiger charge is -2.30. The molecule has 0 spiro atoms. The maximum atomic E-state index is 5.92. The molecule has 158 valence electrons. The van der Waals surface area contributed by atoms with E-state index in [1.807, 2.05) is 24.3 Å². The van der Waals surface area contributed by atoms with Crippen LogP contribution in [0.25, 0.3) is 0 Å². The Kier molecular flexibility index (Phi) is 6.99. The lowest BCUT2D eigenvalue weighted by atomic mass is 9.77. The molecule has 2 N–H and O–H groups in total. The van der Waals surface area contributed by atoms with Gasteiger partial charge in [-0.3, -0.25) is 9.98 Å². The first-order valence-corrected chi connectivity index (χ1v) is 11.8. The molecule has 0 bridgehead atoms. The van der Waals surface area contributed by atoms with E-state index in [-0.39, 0.29) is 0 Å². The van der Waals surface area contributed by atoms with Gasteiger partial charge in [-0.25, -0.2) is 0 Å². The lowest BCUT2D eigenvalue weighted by Crippen LogP contribution is -2.32. The highest BCUT2D eigenvalue weighted by Crippen LogP contribution is 2.33. The molecule has 2 aromatic rings. The van der Waals surface area contributed by atoms with Crippen molar-refractivity contribution in [2.75, 3.05) is 5.73 Å². The van der Waals surface area contributed by atoms with Crippen LogP contribution in [0.2, 0.25) is 0 Å². The summed E-state index contributed by atoms with van der Waals surface area (Å²) in [4.78, 5) is 10.5. The number of nitrogens with two attached hydrogens (primary N) is 1. The molecule has 2 aliphatic rings. The minimum absolute atomic E-state index is 0.516. The summed E-state index contributed by atoms with van der Waals surface area (Å²) in [5.41, 5.74) is 12.5. The summed E-state index contributed by atoms with van der Waals surface area (Å²) in [6.45, 7) is 2.13. The molecular weight excluding hydrogens is 366 g/mol. The third kappa shape index (κ3) is 5.38. The zero-order chi connectivity index (χ0) is 20.8. The SMILES string of the molecule is Cc1ccc(N=C(C(=Nc2ccc(N)cc2)C2CCCCC2)C2CCCCC2)cc1. The number of hydrogen-bond acceptors (Lipinski definition) is 3. The number of hydrogen-bond donors (Lipinski definition) is 1. The van der Waals surface area contributed by atoms with E-state index in [9.17, 15) is 0 Å². The zero-order valence-electron chi connectivity index (χ0n) is 18.3. The van der Waals surface area contributed by atoms with Crippen molar-refractivity contribution in [1.82, 2.24) is 0 Å². The minimum atomic E-state index is 0.516. The smallest absolute Gasteiger partial charge is 0.0659 e. The Morgan fingerprint density at radius 2 is 1.03 bits per heavy atom. The van der Waals surface area contributed by atoms with Crippen molar-refractivity contribution in [1.29, 1.82) is 0 Å². The van der Waals surface area contributed by atoms with E-state index in [2.05, 4.69) is 31.2 Å². The molecule has 2 aliphatic carbocycles. The van der Waals surface area contributed by atoms with Crippen molar-refractivity contribution in [2.24, 2.45) is 21.8 Å². The predicted molar refractivity (Wildman–Crippen MR) is 129 cm³/mol. The van der Waals surface area contributed by atoms with Crippen LogP contribution in [0.3, 0.4) is 0 Å². The number of anilines is 1. The number of nitrogens with zero attached hydrogens (tertiary/aromatic N) is 2. The van der Waals surface area contributed by atoms with Gasteiger partial charge in [-0.1, -0.05) is 56.2 Å². The topological polar surface area (TPSA) is 50.7 Å². The van der Waals surface area contributed by atoms with Crippen molar-refractivity contribution >= 4 is 28.5 Å². The molecule has 0 aliphatic heterocycles. The third-order valence-electron chi connectivity index (χ3n) is 6.67. The van der Waals surface area contributed by atoms with Gasteiger partial charge in [0.05, 0.1) is 22.8 Å². The zero-order valence-corrected chi connectivity index (χ0v) is 18.3. The average Bonchev–Trinajstić information content (AvgIpc) is 2.80. The average molecular weight is 402 g/mol. The fraction of sp³-hybridized carbons (Fsp3) is 0.481. The van der Waals surface area contributed by atoms with Gasteiger partial charge in [0.2, 0.25) is 0 Å². The Morgan fingerprint density at radius 1 is 0.633 bits per heavy atom. The van der Waals surface area contributed by atoms with Crippen LogP contribution >= 0.6 is 0 Å². The molecular formula is C27H35N3. The first kappa shape index (κ1) is 20.8. The molecule has 2 aromatic carbocycles. The summed E-state index contributed by atoms with van der Waals surface area (Å²) in [6.07, 6.45) is 12.8. The predicted octanol–water partition coefficient (Wildman–Crippen LogP) is 7.58. The van der Waals surface area contributed by atoms with Crippen molar-refractivity contribution < 1.29 is 0 Å². The quantitative estimate of drug-likeness (QED) is 0.407. The molecule has 4 rings (SSSR count). The molecule has 0 saturated heterocycles. The summed E-state index contributed by atoms with van der Waals surface area (Å²) in [5.74, 6) is 1.04. The first-order chi connectivity index (χ1) is 14.7. The fourth-order valence-electron chi connectivity index (χ4n) is 4.91. The van der Waals surface area contributed by atoms with E-state index < -0.39 is 0 Å². The standard InChI is InChI=1S/C27H35N3/c1-20-12-16-24(17-13-20)29-26(21-8-4-2-5-9-21)27(22-10-6-3-7-11-22)30-25-18-14-23(28)15-19-25/h12-19,21-22H,2-11,28H2,1H3. The van der Waals surface area contributed by atoms with Crippen LogP contribution in [0.15, 0.2) is 58.5 Å². The highest BCUT2D eigenvalue weighted by molar-refractivity contribution is 6.44. The third-order valence-corrected chi connectivity index (χ3v) is 6.67. The van der Waals surface area contributed by atoms with Crippen LogP contribution in [-0.2, 0) is 0 Å². The maximum Gasteiger partial charge on any atom is 0.0659 e. The Hall–Kier alpha value is -2.42. The highest BCUT2D eigenvalue weighted by Gasteiger charge is 2.29. The second kappa shape index (κ2) is 10.1. The Morgan fingerprint density at radius 3 is 1.47 bits per heavy atom. The van der Waals surface area contributed by atoms with Crippen LogP contribution in [0.1, 0.15) is 69.8 Å². The van der Waals surface area contributed by atoms with Gasteiger partial charge in [-0.05, 0) is 69.0 Å². The molecule has 2 fully saturated rings. The van der Waals surface area contributed by atoms with E-state index in [1.165, 1.54) is 81.2 Å². The fourth-order valence-corrected chi connectivity index (χ4v) is 4.91. The van der Waals surface area contributed by atoms with E-state index in [0.29, 0.717) is 11.8 Å². The second-order valence-corrected chi connectivity index (χ2v) is 9.09. The number of nitrogen functional groups attached to an aromatic ring is 1. The summed E-state index contributed by atoms with van der Waals surface area (Å²) in [6, 6.07) is 16.6. The molecule has 0 heterocycles. The first-order valence-electron chi connectivity index (χ1n) is 11.8. The van der Waals surface area contributed by atoms with Crippen molar-refractivity contribution in [3.8, 4) is 0 Å². The van der Waals surface area contributed by atoms with Crippen LogP contribution < -0.4 is 5.73 Å². The van der Waals surface area contributed by atoms with E-state index in [1.54, 1.807) is 0 Å². The molecule has 30 heavy (non-hydrogen) atoms. The van der Waals surface area contributed by atoms with Gasteiger partial charge < -0.3 is 5.73 Å². The lowest BCUT2D eigenvalue weighted by molar-refractivity contribution is 0.429. The van der Waals surface area contributed by atoms with E-state index >= 15 is 0 Å². The van der Waals surface area contributed by atoms with Gasteiger partial charge in [0, 0.05) is 17.5 Å². The Bertz CT molecular complexity index is 790. The van der Waals surface area contributed by atoms with Crippen LogP contribution in [0.5, 0.6) is 0 Å². The van der Waals surface area contributed by atoms with Gasteiger partial charge in [0.25, 0.3) is 0 Å². The minimum Gasteiger partial charge on any atom is -0.399 e. The van der Waals surface area contributed by atoms with Crippen LogP contribution in [-0.4, -0.2) is 11.4 Å². The molecule has 0 aromatic heterocycles. The van der Waals surface area contributed by atoms with Gasteiger partial charge in [-0.15, -0.1) is 0 Å². The van der Waals surface area contributed by atoms with Crippen molar-refractivity contribution in [3.05, 3.63) is 54.1 Å². The second-order valence-electron chi connectivity index (χ2n) is 9.09.